The Morgan fingerprint density at radius 3 is 2.68 bits per heavy atom. The highest BCUT2D eigenvalue weighted by Gasteiger charge is 2.17. The van der Waals surface area contributed by atoms with E-state index in [2.05, 4.69) is 9.71 Å². The van der Waals surface area contributed by atoms with Crippen molar-refractivity contribution >= 4 is 21.4 Å². The minimum Gasteiger partial charge on any atom is -0.495 e. The van der Waals surface area contributed by atoms with Gasteiger partial charge in [-0.15, -0.1) is 0 Å². The van der Waals surface area contributed by atoms with Crippen molar-refractivity contribution in [1.82, 2.24) is 9.55 Å². The molecule has 3 N–H and O–H groups in total. The summed E-state index contributed by atoms with van der Waals surface area (Å²) in [4.78, 5) is 3.80. The number of methoxy groups -OCH3 is 1. The number of ether oxygens (including phenoxy) is 1. The van der Waals surface area contributed by atoms with E-state index in [1.807, 2.05) is 0 Å². The van der Waals surface area contributed by atoms with Gasteiger partial charge >= 0.3 is 0 Å². The number of sulfonamides is 1. The number of benzene rings is 1. The highest BCUT2D eigenvalue weighted by atomic mass is 32.2. The van der Waals surface area contributed by atoms with Crippen LogP contribution < -0.4 is 15.2 Å². The number of nitrogens with one attached hydrogen (secondary N) is 1. The Bertz CT molecular complexity index is 694. The SMILES string of the molecule is COc1ccc(NS(=O)(=O)c2cn(C)cn2)cc1N. The number of anilines is 2. The molecule has 1 aromatic heterocycles. The number of nitrogens with zero attached hydrogens (tertiary/aromatic N) is 2. The monoisotopic (exact) mass is 282 g/mol. The van der Waals surface area contributed by atoms with Crippen molar-refractivity contribution in [3.63, 3.8) is 0 Å². The van der Waals surface area contributed by atoms with E-state index in [0.29, 0.717) is 17.1 Å². The lowest BCUT2D eigenvalue weighted by atomic mass is 10.2. The summed E-state index contributed by atoms with van der Waals surface area (Å²) in [5, 5.41) is -0.0515. The molecule has 0 aliphatic carbocycles. The zero-order valence-corrected chi connectivity index (χ0v) is 11.3. The molecule has 0 fully saturated rings. The molecule has 1 aromatic carbocycles. The first-order valence-corrected chi connectivity index (χ1v) is 6.85. The maximum Gasteiger partial charge on any atom is 0.280 e. The van der Waals surface area contributed by atoms with Crippen LogP contribution >= 0.6 is 0 Å². The molecule has 0 unspecified atom stereocenters. The zero-order chi connectivity index (χ0) is 14.0. The van der Waals surface area contributed by atoms with E-state index in [1.165, 1.54) is 25.7 Å². The minimum atomic E-state index is -3.71. The Hall–Kier alpha value is -2.22. The van der Waals surface area contributed by atoms with E-state index in [9.17, 15) is 8.42 Å². The number of nitrogen functional groups attached to an aromatic ring is 1. The number of nitrogens with two attached hydrogens (primary N) is 1. The Morgan fingerprint density at radius 1 is 1.42 bits per heavy atom. The van der Waals surface area contributed by atoms with Gasteiger partial charge in [0.25, 0.3) is 10.0 Å². The van der Waals surface area contributed by atoms with Crippen molar-refractivity contribution in [1.29, 1.82) is 0 Å². The third kappa shape index (κ3) is 2.79. The van der Waals surface area contributed by atoms with E-state index < -0.39 is 10.0 Å². The Kier molecular flexibility index (Phi) is 3.34. The van der Waals surface area contributed by atoms with Crippen LogP contribution in [0.2, 0.25) is 0 Å². The van der Waals surface area contributed by atoms with Crippen LogP contribution in [0.5, 0.6) is 5.75 Å². The lowest BCUT2D eigenvalue weighted by molar-refractivity contribution is 0.417. The molecule has 8 heteroatoms. The molecule has 1 heterocycles. The van der Waals surface area contributed by atoms with E-state index in [1.54, 1.807) is 23.7 Å². The highest BCUT2D eigenvalue weighted by Crippen LogP contribution is 2.25. The van der Waals surface area contributed by atoms with E-state index >= 15 is 0 Å². The van der Waals surface area contributed by atoms with Gasteiger partial charge in [-0.05, 0) is 18.2 Å². The zero-order valence-electron chi connectivity index (χ0n) is 10.5. The van der Waals surface area contributed by atoms with Crippen molar-refractivity contribution in [3.8, 4) is 5.75 Å². The molecule has 0 amide bonds. The fraction of sp³-hybridized carbons (Fsp3) is 0.182. The molecule has 2 rings (SSSR count). The maximum absolute atomic E-state index is 12.0. The number of aromatic nitrogens is 2. The fourth-order valence-electron chi connectivity index (χ4n) is 1.53. The molecule has 0 aliphatic heterocycles. The second-order valence-electron chi connectivity index (χ2n) is 3.94. The van der Waals surface area contributed by atoms with Crippen LogP contribution in [0.25, 0.3) is 0 Å². The summed E-state index contributed by atoms with van der Waals surface area (Å²) in [7, 11) is -0.526. The van der Waals surface area contributed by atoms with Crippen molar-refractivity contribution in [2.75, 3.05) is 17.6 Å². The van der Waals surface area contributed by atoms with Crippen LogP contribution in [0, 0.1) is 0 Å². The average Bonchev–Trinajstić information content (AvgIpc) is 2.76. The standard InChI is InChI=1S/C11H14N4O3S/c1-15-6-11(13-7-15)19(16,17)14-8-3-4-10(18-2)9(12)5-8/h3-7,14H,12H2,1-2H3. The summed E-state index contributed by atoms with van der Waals surface area (Å²) in [6.07, 6.45) is 2.83. The van der Waals surface area contributed by atoms with Crippen LogP contribution in [-0.4, -0.2) is 25.1 Å². The summed E-state index contributed by atoms with van der Waals surface area (Å²) >= 11 is 0. The van der Waals surface area contributed by atoms with Gasteiger partial charge in [0.1, 0.15) is 5.75 Å². The van der Waals surface area contributed by atoms with Gasteiger partial charge in [0, 0.05) is 13.2 Å². The van der Waals surface area contributed by atoms with E-state index in [4.69, 9.17) is 10.5 Å². The Morgan fingerprint density at radius 2 is 2.16 bits per heavy atom. The Labute approximate surface area is 111 Å². The maximum atomic E-state index is 12.0. The first-order valence-electron chi connectivity index (χ1n) is 5.36. The molecule has 0 spiro atoms. The fourth-order valence-corrected chi connectivity index (χ4v) is 2.57. The smallest absolute Gasteiger partial charge is 0.280 e. The number of imidazole rings is 1. The highest BCUT2D eigenvalue weighted by molar-refractivity contribution is 7.92. The molecule has 19 heavy (non-hydrogen) atoms. The largest absolute Gasteiger partial charge is 0.495 e. The second-order valence-corrected chi connectivity index (χ2v) is 5.57. The molecule has 2 aromatic rings. The molecular weight excluding hydrogens is 268 g/mol. The molecule has 0 bridgehead atoms. The first-order chi connectivity index (χ1) is 8.92. The topological polar surface area (TPSA) is 99.2 Å². The quantitative estimate of drug-likeness (QED) is 0.808. The van der Waals surface area contributed by atoms with Crippen LogP contribution in [0.1, 0.15) is 0 Å². The Balaban J connectivity index is 2.28. The normalized spacial score (nSPS) is 11.3. The third-order valence-electron chi connectivity index (χ3n) is 2.44. The molecule has 0 aliphatic rings. The average molecular weight is 282 g/mol. The van der Waals surface area contributed by atoms with Gasteiger partial charge in [0.15, 0.2) is 5.03 Å². The third-order valence-corrected chi connectivity index (χ3v) is 3.70. The van der Waals surface area contributed by atoms with Crippen LogP contribution in [0.4, 0.5) is 11.4 Å². The summed E-state index contributed by atoms with van der Waals surface area (Å²) in [5.74, 6) is 0.487. The summed E-state index contributed by atoms with van der Waals surface area (Å²) in [5.41, 5.74) is 6.42. The minimum absolute atomic E-state index is 0.0515. The number of aryl methyl sites for hydroxylation is 1. The summed E-state index contributed by atoms with van der Waals surface area (Å²) in [6.45, 7) is 0. The number of hydrogen-bond donors (Lipinski definition) is 2. The van der Waals surface area contributed by atoms with Gasteiger partial charge in [0.05, 0.1) is 24.8 Å². The molecule has 0 atom stereocenters. The molecule has 0 saturated heterocycles. The number of rotatable bonds is 4. The van der Waals surface area contributed by atoms with Gasteiger partial charge in [0.2, 0.25) is 0 Å². The predicted octanol–water partition coefficient (Wildman–Crippen LogP) is 0.812. The predicted molar refractivity (Wildman–Crippen MR) is 71.4 cm³/mol. The molecule has 0 radical (unpaired) electrons. The van der Waals surface area contributed by atoms with Crippen LogP contribution in [0.3, 0.4) is 0 Å². The lowest BCUT2D eigenvalue weighted by Crippen LogP contribution is -2.13. The van der Waals surface area contributed by atoms with Crippen LogP contribution in [-0.2, 0) is 17.1 Å². The van der Waals surface area contributed by atoms with Gasteiger partial charge in [-0.1, -0.05) is 0 Å². The van der Waals surface area contributed by atoms with Crippen molar-refractivity contribution in [3.05, 3.63) is 30.7 Å². The van der Waals surface area contributed by atoms with Crippen molar-refractivity contribution < 1.29 is 13.2 Å². The van der Waals surface area contributed by atoms with Gasteiger partial charge in [-0.25, -0.2) is 4.98 Å². The first kappa shape index (κ1) is 13.2. The summed E-state index contributed by atoms with van der Waals surface area (Å²) < 4.78 is 33.0. The van der Waals surface area contributed by atoms with Gasteiger partial charge in [-0.2, -0.15) is 8.42 Å². The van der Waals surface area contributed by atoms with Gasteiger partial charge in [-0.3, -0.25) is 4.72 Å². The van der Waals surface area contributed by atoms with Crippen LogP contribution in [0.15, 0.2) is 35.7 Å². The van der Waals surface area contributed by atoms with Crippen molar-refractivity contribution in [2.24, 2.45) is 7.05 Å². The second kappa shape index (κ2) is 4.81. The van der Waals surface area contributed by atoms with E-state index in [0.717, 1.165) is 0 Å². The number of hydrogen-bond acceptors (Lipinski definition) is 5. The lowest BCUT2D eigenvalue weighted by Gasteiger charge is -2.09. The molecule has 0 saturated carbocycles. The molecule has 102 valence electrons. The molecular formula is C11H14N4O3S. The van der Waals surface area contributed by atoms with E-state index in [-0.39, 0.29) is 5.03 Å². The summed E-state index contributed by atoms with van der Waals surface area (Å²) in [6, 6.07) is 4.64. The van der Waals surface area contributed by atoms with Gasteiger partial charge < -0.3 is 15.0 Å². The molecule has 7 nitrogen and oxygen atoms in total. The van der Waals surface area contributed by atoms with Crippen molar-refractivity contribution in [2.45, 2.75) is 5.03 Å².